The Morgan fingerprint density at radius 1 is 1.67 bits per heavy atom. The first-order valence-corrected chi connectivity index (χ1v) is 2.51. The summed E-state index contributed by atoms with van der Waals surface area (Å²) in [7, 11) is 0. The molecule has 1 rings (SSSR count). The van der Waals surface area contributed by atoms with Crippen molar-refractivity contribution in [2.45, 2.75) is 0 Å². The topological polar surface area (TPSA) is 12.0 Å². The van der Waals surface area contributed by atoms with E-state index in [0.29, 0.717) is 0 Å². The van der Waals surface area contributed by atoms with Crippen LogP contribution in [-0.4, -0.2) is 5.75 Å². The molecule has 0 spiro atoms. The van der Waals surface area contributed by atoms with E-state index in [1.165, 1.54) is 0 Å². The van der Waals surface area contributed by atoms with Crippen molar-refractivity contribution < 1.29 is 0 Å². The smallest absolute Gasteiger partial charge is 0.0329 e. The second-order valence-corrected chi connectivity index (χ2v) is 1.69. The van der Waals surface area contributed by atoms with E-state index in [4.69, 9.17) is 0 Å². The molecule has 1 aliphatic rings. The Morgan fingerprint density at radius 2 is 2.50 bits per heavy atom. The van der Waals surface area contributed by atoms with Crippen molar-refractivity contribution in [3.63, 3.8) is 0 Å². The van der Waals surface area contributed by atoms with Crippen LogP contribution in [0.1, 0.15) is 0 Å². The number of hydrogen-bond donors (Lipinski definition) is 1. The van der Waals surface area contributed by atoms with Crippen molar-refractivity contribution in [1.82, 2.24) is 4.72 Å². The lowest BCUT2D eigenvalue weighted by Crippen LogP contribution is -1.78. The molecular formula is C3H6BrNS. The lowest BCUT2D eigenvalue weighted by atomic mass is 10.7. The second kappa shape index (κ2) is 3.56. The molecule has 0 saturated carbocycles. The molecular weight excluding hydrogens is 162 g/mol. The van der Waals surface area contributed by atoms with Crippen molar-refractivity contribution in [2.75, 3.05) is 5.75 Å². The number of nitrogens with one attached hydrogen (secondary N) is 1. The molecule has 1 heterocycles. The Hall–Kier alpha value is 0.370. The van der Waals surface area contributed by atoms with E-state index in [-0.39, 0.29) is 17.0 Å². The zero-order chi connectivity index (χ0) is 3.54. The molecule has 36 valence electrons. The molecule has 6 heavy (non-hydrogen) atoms. The van der Waals surface area contributed by atoms with Crippen LogP contribution in [0.25, 0.3) is 0 Å². The fraction of sp³-hybridized carbons (Fsp3) is 0.333. The van der Waals surface area contributed by atoms with Gasteiger partial charge in [0.15, 0.2) is 0 Å². The normalized spacial score (nSPS) is 16.0. The molecule has 1 aliphatic heterocycles. The van der Waals surface area contributed by atoms with Gasteiger partial charge in [-0.3, -0.25) is 0 Å². The van der Waals surface area contributed by atoms with Gasteiger partial charge in [0.2, 0.25) is 0 Å². The van der Waals surface area contributed by atoms with Gasteiger partial charge in [0.05, 0.1) is 0 Å². The molecule has 1 N–H and O–H groups in total. The Balaban J connectivity index is 0.000000250. The Morgan fingerprint density at radius 3 is 2.67 bits per heavy atom. The number of rotatable bonds is 0. The van der Waals surface area contributed by atoms with Crippen molar-refractivity contribution >= 4 is 28.9 Å². The van der Waals surface area contributed by atoms with Crippen LogP contribution in [0.15, 0.2) is 12.3 Å². The lowest BCUT2D eigenvalue weighted by molar-refractivity contribution is 1.46. The third-order valence-corrected chi connectivity index (χ3v) is 1.11. The molecule has 3 heteroatoms. The highest BCUT2D eigenvalue weighted by Gasteiger charge is 1.82. The summed E-state index contributed by atoms with van der Waals surface area (Å²) in [5.41, 5.74) is 0. The monoisotopic (exact) mass is 167 g/mol. The Bertz CT molecular complexity index is 48.8. The third kappa shape index (κ3) is 1.72. The maximum Gasteiger partial charge on any atom is 0.0329 e. The van der Waals surface area contributed by atoms with Crippen LogP contribution in [0, 0.1) is 0 Å². The molecule has 0 aromatic rings. The zero-order valence-corrected chi connectivity index (χ0v) is 5.71. The van der Waals surface area contributed by atoms with Crippen LogP contribution in [0.5, 0.6) is 0 Å². The van der Waals surface area contributed by atoms with Gasteiger partial charge < -0.3 is 4.72 Å². The molecule has 0 aliphatic carbocycles. The predicted octanol–water partition coefficient (Wildman–Crippen LogP) is 1.33. The standard InChI is InChI=1S/C3H5NS.BrH/c1-2-4-5-3-1;/h1-2,4H,3H2;1H. The van der Waals surface area contributed by atoms with E-state index in [1.807, 2.05) is 6.20 Å². The third-order valence-electron chi connectivity index (χ3n) is 0.449. The molecule has 0 aromatic carbocycles. The minimum Gasteiger partial charge on any atom is -0.337 e. The van der Waals surface area contributed by atoms with Crippen LogP contribution in [0.3, 0.4) is 0 Å². The van der Waals surface area contributed by atoms with E-state index >= 15 is 0 Å². The van der Waals surface area contributed by atoms with Crippen LogP contribution in [0.2, 0.25) is 0 Å². The number of hydrogen-bond acceptors (Lipinski definition) is 2. The second-order valence-electron chi connectivity index (χ2n) is 0.831. The van der Waals surface area contributed by atoms with Gasteiger partial charge >= 0.3 is 0 Å². The van der Waals surface area contributed by atoms with Gasteiger partial charge in [0.25, 0.3) is 0 Å². The van der Waals surface area contributed by atoms with E-state index in [9.17, 15) is 0 Å². The van der Waals surface area contributed by atoms with Gasteiger partial charge in [0, 0.05) is 12.0 Å². The van der Waals surface area contributed by atoms with Gasteiger partial charge in [-0.05, 0) is 11.9 Å². The van der Waals surface area contributed by atoms with Crippen LogP contribution in [0.4, 0.5) is 0 Å². The van der Waals surface area contributed by atoms with Gasteiger partial charge in [-0.25, -0.2) is 0 Å². The maximum atomic E-state index is 2.96. The van der Waals surface area contributed by atoms with Crippen molar-refractivity contribution in [3.05, 3.63) is 12.3 Å². The first kappa shape index (κ1) is 6.37. The largest absolute Gasteiger partial charge is 0.337 e. The summed E-state index contributed by atoms with van der Waals surface area (Å²) in [6, 6.07) is 0. The van der Waals surface area contributed by atoms with Crippen molar-refractivity contribution in [1.29, 1.82) is 0 Å². The minimum atomic E-state index is 0. The molecule has 0 unspecified atom stereocenters. The van der Waals surface area contributed by atoms with E-state index < -0.39 is 0 Å². The summed E-state index contributed by atoms with van der Waals surface area (Å²) in [6.07, 6.45) is 4.04. The van der Waals surface area contributed by atoms with Crippen LogP contribution in [-0.2, 0) is 0 Å². The van der Waals surface area contributed by atoms with Gasteiger partial charge in [-0.2, -0.15) is 0 Å². The molecule has 0 amide bonds. The first-order valence-electron chi connectivity index (χ1n) is 1.52. The summed E-state index contributed by atoms with van der Waals surface area (Å²) in [5, 5.41) is 0. The van der Waals surface area contributed by atoms with Crippen LogP contribution >= 0.6 is 28.9 Å². The molecule has 1 nitrogen and oxygen atoms in total. The van der Waals surface area contributed by atoms with E-state index in [0.717, 1.165) is 5.75 Å². The predicted molar refractivity (Wildman–Crippen MR) is 35.1 cm³/mol. The molecule has 0 saturated heterocycles. The average molecular weight is 168 g/mol. The molecule has 0 bridgehead atoms. The van der Waals surface area contributed by atoms with E-state index in [1.54, 1.807) is 11.9 Å². The summed E-state index contributed by atoms with van der Waals surface area (Å²) >= 11 is 1.71. The quantitative estimate of drug-likeness (QED) is 0.547. The maximum absolute atomic E-state index is 2.96. The molecule has 0 atom stereocenters. The van der Waals surface area contributed by atoms with Crippen LogP contribution < -0.4 is 4.72 Å². The fourth-order valence-electron chi connectivity index (χ4n) is 0.241. The highest BCUT2D eigenvalue weighted by Crippen LogP contribution is 1.98. The summed E-state index contributed by atoms with van der Waals surface area (Å²) < 4.78 is 2.96. The molecule has 0 aromatic heterocycles. The Labute approximate surface area is 52.1 Å². The van der Waals surface area contributed by atoms with Crippen molar-refractivity contribution in [3.8, 4) is 0 Å². The summed E-state index contributed by atoms with van der Waals surface area (Å²) in [6.45, 7) is 0. The number of halogens is 1. The summed E-state index contributed by atoms with van der Waals surface area (Å²) in [4.78, 5) is 0. The van der Waals surface area contributed by atoms with Gasteiger partial charge in [-0.15, -0.1) is 17.0 Å². The molecule has 0 radical (unpaired) electrons. The lowest BCUT2D eigenvalue weighted by Gasteiger charge is -1.77. The van der Waals surface area contributed by atoms with Gasteiger partial charge in [-0.1, -0.05) is 6.08 Å². The highest BCUT2D eigenvalue weighted by atomic mass is 79.9. The minimum absolute atomic E-state index is 0. The van der Waals surface area contributed by atoms with Crippen molar-refractivity contribution in [2.24, 2.45) is 0 Å². The summed E-state index contributed by atoms with van der Waals surface area (Å²) in [5.74, 6) is 1.12. The highest BCUT2D eigenvalue weighted by molar-refractivity contribution is 8.93. The van der Waals surface area contributed by atoms with Gasteiger partial charge in [0.1, 0.15) is 0 Å². The SMILES string of the molecule is Br.C1=CNSC1. The van der Waals surface area contributed by atoms with E-state index in [2.05, 4.69) is 10.8 Å². The first-order chi connectivity index (χ1) is 2.50. The Kier molecular flexibility index (Phi) is 3.78. The molecule has 0 fully saturated rings. The fourth-order valence-corrected chi connectivity index (χ4v) is 0.722. The zero-order valence-electron chi connectivity index (χ0n) is 3.18. The average Bonchev–Trinajstić information content (AvgIpc) is 1.76.